The molecule has 1 atom stereocenters. The van der Waals surface area contributed by atoms with Crippen molar-refractivity contribution in [3.05, 3.63) is 69.5 Å². The molecule has 1 unspecified atom stereocenters. The number of morpholine rings is 1. The van der Waals surface area contributed by atoms with E-state index >= 15 is 0 Å². The first kappa shape index (κ1) is 25.1. The molecule has 186 valence electrons. The van der Waals surface area contributed by atoms with Crippen molar-refractivity contribution in [2.24, 2.45) is 0 Å². The van der Waals surface area contributed by atoms with E-state index in [-0.39, 0.29) is 16.4 Å². The standard InChI is InChI=1S/C26H31N3O5S/c1-5-23(29-24(30)16-18(3)22-15-17(2)14-19(4)25(22)29)26(31)27-20-6-8-21(9-7-20)35(32,33)28-10-12-34-13-11-28/h6-9,14-16,23H,5,10-13H2,1-4H3,(H,27,31). The van der Waals surface area contributed by atoms with Gasteiger partial charge in [0.05, 0.1) is 23.6 Å². The Morgan fingerprint density at radius 1 is 1.03 bits per heavy atom. The molecule has 0 spiro atoms. The van der Waals surface area contributed by atoms with Crippen LogP contribution in [0, 0.1) is 20.8 Å². The number of carbonyl (C=O) groups excluding carboxylic acids is 1. The number of amides is 1. The Morgan fingerprint density at radius 2 is 1.69 bits per heavy atom. The summed E-state index contributed by atoms with van der Waals surface area (Å²) in [4.78, 5) is 26.5. The second-order valence-electron chi connectivity index (χ2n) is 8.97. The molecule has 1 aliphatic heterocycles. The molecule has 1 saturated heterocycles. The van der Waals surface area contributed by atoms with Crippen LogP contribution in [0.1, 0.15) is 36.1 Å². The zero-order valence-corrected chi connectivity index (χ0v) is 21.3. The number of sulfonamides is 1. The molecule has 3 aromatic rings. The van der Waals surface area contributed by atoms with Crippen LogP contribution in [-0.2, 0) is 19.6 Å². The third-order valence-electron chi connectivity index (χ3n) is 6.42. The summed E-state index contributed by atoms with van der Waals surface area (Å²) in [6.07, 6.45) is 0.417. The van der Waals surface area contributed by atoms with Gasteiger partial charge in [-0.05, 0) is 68.7 Å². The second kappa shape index (κ2) is 9.93. The van der Waals surface area contributed by atoms with Crippen LogP contribution in [-0.4, -0.2) is 49.5 Å². The van der Waals surface area contributed by atoms with Crippen LogP contribution in [0.3, 0.4) is 0 Å². The Kier molecular flexibility index (Phi) is 7.12. The highest BCUT2D eigenvalue weighted by molar-refractivity contribution is 7.89. The summed E-state index contributed by atoms with van der Waals surface area (Å²) in [5.74, 6) is -0.330. The van der Waals surface area contributed by atoms with Gasteiger partial charge in [-0.25, -0.2) is 8.42 Å². The number of rotatable bonds is 6. The Bertz CT molecular complexity index is 1420. The number of anilines is 1. The molecule has 9 heteroatoms. The van der Waals surface area contributed by atoms with E-state index in [9.17, 15) is 18.0 Å². The minimum Gasteiger partial charge on any atom is -0.379 e. The summed E-state index contributed by atoms with van der Waals surface area (Å²) in [5.41, 5.74) is 3.90. The van der Waals surface area contributed by atoms with Crippen molar-refractivity contribution < 1.29 is 17.9 Å². The fraction of sp³-hybridized carbons (Fsp3) is 0.385. The number of hydrogen-bond acceptors (Lipinski definition) is 5. The first-order chi connectivity index (χ1) is 16.6. The van der Waals surface area contributed by atoms with Gasteiger partial charge in [0.25, 0.3) is 5.56 Å². The zero-order chi connectivity index (χ0) is 25.3. The van der Waals surface area contributed by atoms with E-state index in [1.165, 1.54) is 16.4 Å². The maximum Gasteiger partial charge on any atom is 0.252 e. The van der Waals surface area contributed by atoms with Gasteiger partial charge in [-0.1, -0.05) is 18.6 Å². The molecule has 1 aromatic heterocycles. The van der Waals surface area contributed by atoms with Crippen LogP contribution in [0.5, 0.6) is 0 Å². The average molecular weight is 498 g/mol. The highest BCUT2D eigenvalue weighted by Gasteiger charge is 2.27. The fourth-order valence-corrected chi connectivity index (χ4v) is 6.10. The average Bonchev–Trinajstić information content (AvgIpc) is 2.82. The number of benzene rings is 2. The summed E-state index contributed by atoms with van der Waals surface area (Å²) in [6.45, 7) is 9.10. The minimum atomic E-state index is -3.62. The first-order valence-electron chi connectivity index (χ1n) is 11.8. The number of carbonyl (C=O) groups is 1. The van der Waals surface area contributed by atoms with Crippen LogP contribution in [0.2, 0.25) is 0 Å². The summed E-state index contributed by atoms with van der Waals surface area (Å²) in [6, 6.07) is 11.0. The quantitative estimate of drug-likeness (QED) is 0.562. The molecule has 8 nitrogen and oxygen atoms in total. The van der Waals surface area contributed by atoms with Crippen molar-refractivity contribution in [3.63, 3.8) is 0 Å². The molecule has 0 saturated carbocycles. The van der Waals surface area contributed by atoms with Gasteiger partial charge in [-0.2, -0.15) is 4.31 Å². The van der Waals surface area contributed by atoms with Crippen molar-refractivity contribution in [3.8, 4) is 0 Å². The molecule has 1 fully saturated rings. The van der Waals surface area contributed by atoms with E-state index in [4.69, 9.17) is 4.74 Å². The van der Waals surface area contributed by atoms with E-state index in [2.05, 4.69) is 5.32 Å². The Morgan fingerprint density at radius 3 is 2.31 bits per heavy atom. The van der Waals surface area contributed by atoms with Crippen molar-refractivity contribution in [1.82, 2.24) is 8.87 Å². The van der Waals surface area contributed by atoms with Gasteiger partial charge in [0.2, 0.25) is 15.9 Å². The summed E-state index contributed by atoms with van der Waals surface area (Å²) >= 11 is 0. The topological polar surface area (TPSA) is 97.7 Å². The first-order valence-corrected chi connectivity index (χ1v) is 13.2. The molecule has 0 aliphatic carbocycles. The summed E-state index contributed by atoms with van der Waals surface area (Å²) < 4.78 is 33.9. The van der Waals surface area contributed by atoms with Gasteiger partial charge in [-0.15, -0.1) is 0 Å². The molecule has 1 aliphatic rings. The SMILES string of the molecule is CCC(C(=O)Nc1ccc(S(=O)(=O)N2CCOCC2)cc1)n1c(=O)cc(C)c2cc(C)cc(C)c21. The van der Waals surface area contributed by atoms with Crippen molar-refractivity contribution in [2.75, 3.05) is 31.6 Å². The lowest BCUT2D eigenvalue weighted by Gasteiger charge is -2.26. The van der Waals surface area contributed by atoms with E-state index in [1.54, 1.807) is 22.8 Å². The van der Waals surface area contributed by atoms with Gasteiger partial charge in [0.1, 0.15) is 6.04 Å². The van der Waals surface area contributed by atoms with Crippen molar-refractivity contribution >= 4 is 32.5 Å². The molecule has 1 amide bonds. The van der Waals surface area contributed by atoms with E-state index in [0.717, 1.165) is 27.6 Å². The second-order valence-corrected chi connectivity index (χ2v) is 10.9. The maximum atomic E-state index is 13.3. The van der Waals surface area contributed by atoms with Crippen molar-refractivity contribution in [2.45, 2.75) is 45.1 Å². The van der Waals surface area contributed by atoms with Crippen LogP contribution in [0.25, 0.3) is 10.9 Å². The third-order valence-corrected chi connectivity index (χ3v) is 8.33. The zero-order valence-electron chi connectivity index (χ0n) is 20.5. The molecule has 35 heavy (non-hydrogen) atoms. The van der Waals surface area contributed by atoms with Crippen LogP contribution in [0.4, 0.5) is 5.69 Å². The number of aromatic nitrogens is 1. The molecule has 2 heterocycles. The predicted molar refractivity (Wildman–Crippen MR) is 136 cm³/mol. The maximum absolute atomic E-state index is 13.3. The summed E-state index contributed by atoms with van der Waals surface area (Å²) in [5, 5.41) is 3.81. The molecule has 0 radical (unpaired) electrons. The molecule has 1 N–H and O–H groups in total. The van der Waals surface area contributed by atoms with Gasteiger partial charge in [0.15, 0.2) is 0 Å². The minimum absolute atomic E-state index is 0.163. The van der Waals surface area contributed by atoms with E-state index < -0.39 is 16.1 Å². The lowest BCUT2D eigenvalue weighted by Crippen LogP contribution is -2.40. The van der Waals surface area contributed by atoms with E-state index in [0.29, 0.717) is 38.4 Å². The van der Waals surface area contributed by atoms with E-state index in [1.807, 2.05) is 39.8 Å². The normalized spacial score (nSPS) is 15.8. The molecular weight excluding hydrogens is 466 g/mol. The Hall–Kier alpha value is -3.01. The molecule has 2 aromatic carbocycles. The lowest BCUT2D eigenvalue weighted by molar-refractivity contribution is -0.119. The number of fused-ring (bicyclic) bond motifs is 1. The number of aryl methyl sites for hydroxylation is 3. The largest absolute Gasteiger partial charge is 0.379 e. The highest BCUT2D eigenvalue weighted by atomic mass is 32.2. The monoisotopic (exact) mass is 497 g/mol. The third kappa shape index (κ3) is 4.89. The molecule has 0 bridgehead atoms. The van der Waals surface area contributed by atoms with Crippen LogP contribution in [0.15, 0.2) is 52.2 Å². The lowest BCUT2D eigenvalue weighted by atomic mass is 10.0. The number of hydrogen-bond donors (Lipinski definition) is 1. The van der Waals surface area contributed by atoms with Gasteiger partial charge in [0, 0.05) is 30.2 Å². The molecule has 4 rings (SSSR count). The fourth-order valence-electron chi connectivity index (χ4n) is 4.69. The Balaban J connectivity index is 1.63. The predicted octanol–water partition coefficient (Wildman–Crippen LogP) is 3.54. The number of pyridine rings is 1. The smallest absolute Gasteiger partial charge is 0.252 e. The van der Waals surface area contributed by atoms with Gasteiger partial charge < -0.3 is 10.1 Å². The van der Waals surface area contributed by atoms with Crippen LogP contribution >= 0.6 is 0 Å². The number of nitrogens with zero attached hydrogens (tertiary/aromatic N) is 2. The number of ether oxygens (including phenoxy) is 1. The van der Waals surface area contributed by atoms with Crippen LogP contribution < -0.4 is 10.9 Å². The van der Waals surface area contributed by atoms with Gasteiger partial charge in [-0.3, -0.25) is 14.2 Å². The van der Waals surface area contributed by atoms with Crippen molar-refractivity contribution in [1.29, 1.82) is 0 Å². The number of nitrogens with one attached hydrogen (secondary N) is 1. The Labute approximate surface area is 205 Å². The molecular formula is C26H31N3O5S. The van der Waals surface area contributed by atoms with Gasteiger partial charge >= 0.3 is 0 Å². The highest BCUT2D eigenvalue weighted by Crippen LogP contribution is 2.27. The summed E-state index contributed by atoms with van der Waals surface area (Å²) in [7, 11) is -3.62.